The number of hydrogen-bond donors (Lipinski definition) is 1. The zero-order chi connectivity index (χ0) is 12.0. The molecule has 0 amide bonds. The van der Waals surface area contributed by atoms with Crippen LogP contribution in [0.4, 0.5) is 0 Å². The Kier molecular flexibility index (Phi) is 5.33. The second-order valence-electron chi connectivity index (χ2n) is 4.39. The maximum Gasteiger partial charge on any atom is 0.118 e. The number of aliphatic hydroxyl groups is 1. The Morgan fingerprint density at radius 2 is 1.88 bits per heavy atom. The summed E-state index contributed by atoms with van der Waals surface area (Å²) in [5, 5.41) is 10.00. The largest absolute Gasteiger partial charge is 0.497 e. The third kappa shape index (κ3) is 3.86. The van der Waals surface area contributed by atoms with E-state index in [1.165, 1.54) is 0 Å². The molecule has 1 aromatic rings. The molecule has 16 heavy (non-hydrogen) atoms. The highest BCUT2D eigenvalue weighted by molar-refractivity contribution is 5.27. The summed E-state index contributed by atoms with van der Waals surface area (Å²) in [7, 11) is 1.66. The molecule has 0 aliphatic rings. The molecule has 0 saturated carbocycles. The predicted octanol–water partition coefficient (Wildman–Crippen LogP) is 3.03. The number of methoxy groups -OCH3 is 1. The molecular weight excluding hydrogens is 200 g/mol. The lowest BCUT2D eigenvalue weighted by molar-refractivity contribution is 0.111. The Morgan fingerprint density at radius 3 is 2.38 bits per heavy atom. The summed E-state index contributed by atoms with van der Waals surface area (Å²) in [6.07, 6.45) is 2.69. The topological polar surface area (TPSA) is 29.5 Å². The van der Waals surface area contributed by atoms with Crippen LogP contribution >= 0.6 is 0 Å². The molecule has 2 nitrogen and oxygen atoms in total. The lowest BCUT2D eigenvalue weighted by Crippen LogP contribution is -2.20. The van der Waals surface area contributed by atoms with Crippen LogP contribution in [-0.4, -0.2) is 18.3 Å². The Labute approximate surface area is 98.3 Å². The van der Waals surface area contributed by atoms with Gasteiger partial charge in [0.15, 0.2) is 0 Å². The van der Waals surface area contributed by atoms with Gasteiger partial charge in [-0.25, -0.2) is 0 Å². The summed E-state index contributed by atoms with van der Waals surface area (Å²) in [5.41, 5.74) is 1.16. The van der Waals surface area contributed by atoms with Gasteiger partial charge in [-0.15, -0.1) is 0 Å². The number of aliphatic hydroxyl groups excluding tert-OH is 1. The van der Waals surface area contributed by atoms with Crippen molar-refractivity contribution in [1.82, 2.24) is 0 Å². The van der Waals surface area contributed by atoms with Crippen LogP contribution in [0, 0.1) is 5.92 Å². The van der Waals surface area contributed by atoms with Gasteiger partial charge in [0, 0.05) is 0 Å². The minimum atomic E-state index is -0.242. The quantitative estimate of drug-likeness (QED) is 0.801. The van der Waals surface area contributed by atoms with Gasteiger partial charge in [-0.05, 0) is 36.5 Å². The summed E-state index contributed by atoms with van der Waals surface area (Å²) in [4.78, 5) is 0. The minimum absolute atomic E-state index is 0.242. The van der Waals surface area contributed by atoms with Crippen molar-refractivity contribution in [1.29, 1.82) is 0 Å². The van der Waals surface area contributed by atoms with Gasteiger partial charge >= 0.3 is 0 Å². The van der Waals surface area contributed by atoms with Crippen molar-refractivity contribution in [3.8, 4) is 5.75 Å². The lowest BCUT2D eigenvalue weighted by Gasteiger charge is -2.18. The summed E-state index contributed by atoms with van der Waals surface area (Å²) in [6, 6.07) is 7.90. The van der Waals surface area contributed by atoms with E-state index in [1.54, 1.807) is 7.11 Å². The fraction of sp³-hybridized carbons (Fsp3) is 0.571. The van der Waals surface area contributed by atoms with E-state index < -0.39 is 0 Å². The van der Waals surface area contributed by atoms with Crippen molar-refractivity contribution < 1.29 is 9.84 Å². The van der Waals surface area contributed by atoms with Crippen LogP contribution in [-0.2, 0) is 6.42 Å². The molecule has 1 rings (SSSR count). The number of rotatable bonds is 6. The first-order chi connectivity index (χ1) is 7.67. The number of ether oxygens (including phenoxy) is 1. The van der Waals surface area contributed by atoms with Crippen LogP contribution in [0.15, 0.2) is 24.3 Å². The van der Waals surface area contributed by atoms with Crippen LogP contribution in [0.3, 0.4) is 0 Å². The van der Waals surface area contributed by atoms with Gasteiger partial charge < -0.3 is 9.84 Å². The van der Waals surface area contributed by atoms with Crippen molar-refractivity contribution in [3.63, 3.8) is 0 Å². The van der Waals surface area contributed by atoms with E-state index >= 15 is 0 Å². The van der Waals surface area contributed by atoms with Gasteiger partial charge in [0.25, 0.3) is 0 Å². The molecule has 0 bridgehead atoms. The first-order valence-corrected chi connectivity index (χ1v) is 5.98. The van der Waals surface area contributed by atoms with Crippen LogP contribution in [0.2, 0.25) is 0 Å². The highest BCUT2D eigenvalue weighted by Gasteiger charge is 2.13. The number of hydrogen-bond acceptors (Lipinski definition) is 2. The Morgan fingerprint density at radius 1 is 1.25 bits per heavy atom. The van der Waals surface area contributed by atoms with Crippen molar-refractivity contribution >= 4 is 0 Å². The zero-order valence-corrected chi connectivity index (χ0v) is 10.4. The van der Waals surface area contributed by atoms with Gasteiger partial charge in [-0.1, -0.05) is 32.4 Å². The van der Waals surface area contributed by atoms with Gasteiger partial charge in [0.05, 0.1) is 13.2 Å². The standard InChI is InChI=1S/C14H22O2/c1-4-5-11(2)14(15)10-12-6-8-13(16-3)9-7-12/h6-9,11,14-15H,4-5,10H2,1-3H3. The van der Waals surface area contributed by atoms with E-state index in [1.807, 2.05) is 24.3 Å². The van der Waals surface area contributed by atoms with E-state index in [4.69, 9.17) is 4.74 Å². The fourth-order valence-electron chi connectivity index (χ4n) is 1.85. The first kappa shape index (κ1) is 13.0. The van der Waals surface area contributed by atoms with Crippen molar-refractivity contribution in [2.45, 2.75) is 39.2 Å². The van der Waals surface area contributed by atoms with Crippen LogP contribution in [0.25, 0.3) is 0 Å². The molecule has 1 aromatic carbocycles. The van der Waals surface area contributed by atoms with E-state index in [2.05, 4.69) is 13.8 Å². The molecule has 0 aromatic heterocycles. The molecule has 0 aliphatic carbocycles. The van der Waals surface area contributed by atoms with E-state index in [9.17, 15) is 5.11 Å². The SMILES string of the molecule is CCCC(C)C(O)Cc1ccc(OC)cc1. The smallest absolute Gasteiger partial charge is 0.118 e. The Balaban J connectivity index is 2.52. The molecule has 0 radical (unpaired) electrons. The second kappa shape index (κ2) is 6.54. The first-order valence-electron chi connectivity index (χ1n) is 5.98. The zero-order valence-electron chi connectivity index (χ0n) is 10.4. The fourth-order valence-corrected chi connectivity index (χ4v) is 1.85. The van der Waals surface area contributed by atoms with Gasteiger partial charge in [-0.3, -0.25) is 0 Å². The third-order valence-corrected chi connectivity index (χ3v) is 3.00. The van der Waals surface area contributed by atoms with Crippen LogP contribution in [0.1, 0.15) is 32.3 Å². The maximum absolute atomic E-state index is 10.00. The monoisotopic (exact) mass is 222 g/mol. The highest BCUT2D eigenvalue weighted by Crippen LogP contribution is 2.17. The Hall–Kier alpha value is -1.02. The predicted molar refractivity (Wildman–Crippen MR) is 66.8 cm³/mol. The Bertz CT molecular complexity index is 292. The molecule has 0 saturated heterocycles. The molecule has 2 unspecified atom stereocenters. The normalized spacial score (nSPS) is 14.5. The lowest BCUT2D eigenvalue weighted by atomic mass is 9.94. The molecule has 2 atom stereocenters. The van der Waals surface area contributed by atoms with E-state index in [0.717, 1.165) is 30.6 Å². The van der Waals surface area contributed by atoms with E-state index in [0.29, 0.717) is 5.92 Å². The van der Waals surface area contributed by atoms with E-state index in [-0.39, 0.29) is 6.10 Å². The molecule has 0 aliphatic heterocycles. The molecule has 0 heterocycles. The van der Waals surface area contributed by atoms with Crippen molar-refractivity contribution in [2.75, 3.05) is 7.11 Å². The summed E-state index contributed by atoms with van der Waals surface area (Å²) in [5.74, 6) is 1.23. The van der Waals surface area contributed by atoms with Crippen LogP contribution < -0.4 is 4.74 Å². The average Bonchev–Trinajstić information content (AvgIpc) is 2.30. The van der Waals surface area contributed by atoms with Crippen molar-refractivity contribution in [3.05, 3.63) is 29.8 Å². The van der Waals surface area contributed by atoms with Crippen molar-refractivity contribution in [2.24, 2.45) is 5.92 Å². The molecule has 90 valence electrons. The molecular formula is C14H22O2. The van der Waals surface area contributed by atoms with Gasteiger partial charge in [-0.2, -0.15) is 0 Å². The third-order valence-electron chi connectivity index (χ3n) is 3.00. The second-order valence-corrected chi connectivity index (χ2v) is 4.39. The number of benzene rings is 1. The molecule has 0 spiro atoms. The minimum Gasteiger partial charge on any atom is -0.497 e. The summed E-state index contributed by atoms with van der Waals surface area (Å²) in [6.45, 7) is 4.26. The van der Waals surface area contributed by atoms with Gasteiger partial charge in [0.1, 0.15) is 5.75 Å². The molecule has 2 heteroatoms. The summed E-state index contributed by atoms with van der Waals surface area (Å²) < 4.78 is 5.10. The average molecular weight is 222 g/mol. The summed E-state index contributed by atoms with van der Waals surface area (Å²) >= 11 is 0. The van der Waals surface area contributed by atoms with Crippen LogP contribution in [0.5, 0.6) is 5.75 Å². The molecule has 1 N–H and O–H groups in total. The molecule has 0 fully saturated rings. The maximum atomic E-state index is 10.00. The van der Waals surface area contributed by atoms with Gasteiger partial charge in [0.2, 0.25) is 0 Å². The highest BCUT2D eigenvalue weighted by atomic mass is 16.5.